The fourth-order valence-corrected chi connectivity index (χ4v) is 4.62. The van der Waals surface area contributed by atoms with Gasteiger partial charge in [0.25, 0.3) is 0 Å². The van der Waals surface area contributed by atoms with Gasteiger partial charge in [0.2, 0.25) is 5.91 Å². The third-order valence-corrected chi connectivity index (χ3v) is 6.26. The lowest BCUT2D eigenvalue weighted by Gasteiger charge is -2.65. The summed E-state index contributed by atoms with van der Waals surface area (Å²) < 4.78 is 11.4. The minimum Gasteiger partial charge on any atom is -0.496 e. The highest BCUT2D eigenvalue weighted by atomic mass is 35.5. The number of hydrogen-bond acceptors (Lipinski definition) is 4. The van der Waals surface area contributed by atoms with Crippen LogP contribution in [0.15, 0.2) is 18.2 Å². The second-order valence-corrected chi connectivity index (χ2v) is 8.07. The molecular weight excluding hydrogens is 352 g/mol. The third-order valence-electron chi connectivity index (χ3n) is 6.26. The third kappa shape index (κ3) is 3.00. The van der Waals surface area contributed by atoms with Gasteiger partial charge in [-0.1, -0.05) is 31.5 Å². The van der Waals surface area contributed by atoms with Crippen molar-refractivity contribution in [3.8, 4) is 5.75 Å². The van der Waals surface area contributed by atoms with Crippen molar-refractivity contribution in [2.45, 2.75) is 58.2 Å². The van der Waals surface area contributed by atoms with Crippen molar-refractivity contribution in [1.29, 1.82) is 0 Å². The summed E-state index contributed by atoms with van der Waals surface area (Å²) in [4.78, 5) is 13.2. The van der Waals surface area contributed by atoms with E-state index in [1.165, 1.54) is 0 Å². The zero-order chi connectivity index (χ0) is 18.4. The maximum Gasteiger partial charge on any atom is 0.241 e. The maximum absolute atomic E-state index is 13.2. The average molecular weight is 383 g/mol. The number of carbonyl (C=O) groups excluding carboxylic acids is 1. The Morgan fingerprint density at radius 1 is 1.42 bits per heavy atom. The van der Waals surface area contributed by atoms with Crippen LogP contribution in [0.5, 0.6) is 5.75 Å². The molecule has 0 spiro atoms. The molecule has 6 heteroatoms. The van der Waals surface area contributed by atoms with E-state index in [4.69, 9.17) is 15.2 Å². The molecule has 1 amide bonds. The Labute approximate surface area is 162 Å². The number of hydrogen-bond donors (Lipinski definition) is 2. The fourth-order valence-electron chi connectivity index (χ4n) is 4.62. The Morgan fingerprint density at radius 3 is 2.77 bits per heavy atom. The van der Waals surface area contributed by atoms with E-state index in [1.54, 1.807) is 7.11 Å². The Morgan fingerprint density at radius 2 is 2.12 bits per heavy atom. The molecule has 1 heterocycles. The van der Waals surface area contributed by atoms with E-state index in [0.29, 0.717) is 0 Å². The van der Waals surface area contributed by atoms with E-state index in [-0.39, 0.29) is 41.8 Å². The lowest BCUT2D eigenvalue weighted by atomic mass is 9.46. The van der Waals surface area contributed by atoms with Crippen LogP contribution >= 0.6 is 12.4 Å². The molecular formula is C20H31ClN2O3. The van der Waals surface area contributed by atoms with Crippen molar-refractivity contribution in [2.75, 3.05) is 13.7 Å². The topological polar surface area (TPSA) is 73.6 Å². The number of halogens is 1. The average Bonchev–Trinajstić information content (AvgIpc) is 2.60. The molecule has 4 unspecified atom stereocenters. The van der Waals surface area contributed by atoms with Gasteiger partial charge in [-0.15, -0.1) is 12.4 Å². The van der Waals surface area contributed by atoms with Gasteiger partial charge in [0.15, 0.2) is 0 Å². The highest BCUT2D eigenvalue weighted by Crippen LogP contribution is 2.57. The highest BCUT2D eigenvalue weighted by Gasteiger charge is 2.70. The van der Waals surface area contributed by atoms with Gasteiger partial charge in [0.05, 0.1) is 19.3 Å². The van der Waals surface area contributed by atoms with Crippen LogP contribution in [0.25, 0.3) is 0 Å². The quantitative estimate of drug-likeness (QED) is 0.839. The molecule has 4 atom stereocenters. The second kappa shape index (κ2) is 7.37. The second-order valence-electron chi connectivity index (χ2n) is 8.07. The number of nitrogens with two attached hydrogens (primary N) is 1. The number of benzene rings is 1. The van der Waals surface area contributed by atoms with Crippen molar-refractivity contribution in [3.63, 3.8) is 0 Å². The van der Waals surface area contributed by atoms with E-state index in [1.807, 2.05) is 45.9 Å². The summed E-state index contributed by atoms with van der Waals surface area (Å²) in [6.45, 7) is 8.84. The van der Waals surface area contributed by atoms with Gasteiger partial charge in [0, 0.05) is 23.5 Å². The van der Waals surface area contributed by atoms with Gasteiger partial charge in [-0.05, 0) is 32.8 Å². The molecule has 1 aromatic carbocycles. The van der Waals surface area contributed by atoms with Crippen molar-refractivity contribution >= 4 is 18.3 Å². The van der Waals surface area contributed by atoms with Gasteiger partial charge in [-0.25, -0.2) is 0 Å². The Hall–Kier alpha value is -1.30. The lowest BCUT2D eigenvalue weighted by Crippen LogP contribution is -2.82. The Kier molecular flexibility index (Phi) is 5.96. The zero-order valence-electron chi connectivity index (χ0n) is 16.3. The van der Waals surface area contributed by atoms with Gasteiger partial charge in [-0.3, -0.25) is 4.79 Å². The predicted octanol–water partition coefficient (Wildman–Crippen LogP) is 3.14. The van der Waals surface area contributed by atoms with Crippen LogP contribution in [0.3, 0.4) is 0 Å². The fraction of sp³-hybridized carbons (Fsp3) is 0.650. The standard InChI is InChI=1S/C20H30N2O3.ClH/c1-12-8-9-16(24-5)14(11-12)13(2)22-18(23)20(21)15-7-6-10-25-17(15)19(20,3)4;/h8-9,11,13,15,17H,6-7,10,21H2,1-5H3,(H,22,23);1H. The number of rotatable bonds is 4. The molecule has 0 aromatic heterocycles. The molecule has 1 aliphatic heterocycles. The van der Waals surface area contributed by atoms with Crippen LogP contribution < -0.4 is 15.8 Å². The molecule has 26 heavy (non-hydrogen) atoms. The molecule has 5 nitrogen and oxygen atoms in total. The van der Waals surface area contributed by atoms with Crippen LogP contribution in [0.4, 0.5) is 0 Å². The Balaban J connectivity index is 0.00000243. The summed E-state index contributed by atoms with van der Waals surface area (Å²) in [7, 11) is 1.64. The van der Waals surface area contributed by atoms with Gasteiger partial charge in [-0.2, -0.15) is 0 Å². The molecule has 2 fully saturated rings. The van der Waals surface area contributed by atoms with Gasteiger partial charge < -0.3 is 20.5 Å². The molecule has 0 bridgehead atoms. The minimum atomic E-state index is -0.899. The first-order valence-electron chi connectivity index (χ1n) is 9.09. The summed E-state index contributed by atoms with van der Waals surface area (Å²) in [5.41, 5.74) is 7.50. The van der Waals surface area contributed by atoms with Crippen molar-refractivity contribution < 1.29 is 14.3 Å². The van der Waals surface area contributed by atoms with E-state index in [9.17, 15) is 4.79 Å². The predicted molar refractivity (Wildman–Crippen MR) is 105 cm³/mol. The number of methoxy groups -OCH3 is 1. The number of amides is 1. The number of carbonyl (C=O) groups is 1. The zero-order valence-corrected chi connectivity index (χ0v) is 17.1. The van der Waals surface area contributed by atoms with Crippen molar-refractivity contribution in [2.24, 2.45) is 17.1 Å². The number of ether oxygens (including phenoxy) is 2. The number of nitrogens with one attached hydrogen (secondary N) is 1. The summed E-state index contributed by atoms with van der Waals surface area (Å²) in [6, 6.07) is 5.80. The first-order chi connectivity index (χ1) is 11.7. The molecule has 2 aliphatic rings. The normalized spacial score (nSPS) is 30.2. The number of fused-ring (bicyclic) bond motifs is 1. The maximum atomic E-state index is 13.2. The SMILES string of the molecule is COc1ccc(C)cc1C(C)NC(=O)C1(N)C2CCCOC2C1(C)C.Cl. The monoisotopic (exact) mass is 382 g/mol. The van der Waals surface area contributed by atoms with Crippen LogP contribution in [-0.4, -0.2) is 31.3 Å². The van der Waals surface area contributed by atoms with Crippen LogP contribution in [-0.2, 0) is 9.53 Å². The molecule has 1 saturated carbocycles. The Bertz CT molecular complexity index is 679. The van der Waals surface area contributed by atoms with Crippen LogP contribution in [0.1, 0.15) is 50.8 Å². The summed E-state index contributed by atoms with van der Waals surface area (Å²) >= 11 is 0. The van der Waals surface area contributed by atoms with E-state index < -0.39 is 5.54 Å². The lowest BCUT2D eigenvalue weighted by molar-refractivity contribution is -0.225. The number of aryl methyl sites for hydroxylation is 1. The molecule has 0 radical (unpaired) electrons. The largest absolute Gasteiger partial charge is 0.496 e. The van der Waals surface area contributed by atoms with Crippen molar-refractivity contribution in [1.82, 2.24) is 5.32 Å². The summed E-state index contributed by atoms with van der Waals surface area (Å²) in [5.74, 6) is 0.763. The smallest absolute Gasteiger partial charge is 0.241 e. The van der Waals surface area contributed by atoms with Gasteiger partial charge in [0.1, 0.15) is 11.3 Å². The van der Waals surface area contributed by atoms with Crippen molar-refractivity contribution in [3.05, 3.63) is 29.3 Å². The molecule has 146 valence electrons. The van der Waals surface area contributed by atoms with E-state index in [2.05, 4.69) is 5.32 Å². The van der Waals surface area contributed by atoms with Crippen LogP contribution in [0.2, 0.25) is 0 Å². The minimum absolute atomic E-state index is 0. The van der Waals surface area contributed by atoms with E-state index >= 15 is 0 Å². The molecule has 1 saturated heterocycles. The first-order valence-corrected chi connectivity index (χ1v) is 9.09. The highest BCUT2D eigenvalue weighted by molar-refractivity contribution is 5.90. The molecule has 1 aliphatic carbocycles. The van der Waals surface area contributed by atoms with E-state index in [0.717, 1.165) is 36.3 Å². The molecule has 1 aromatic rings. The first kappa shape index (κ1) is 21.0. The summed E-state index contributed by atoms with van der Waals surface area (Å²) in [6.07, 6.45) is 1.98. The molecule has 3 rings (SSSR count). The van der Waals surface area contributed by atoms with Gasteiger partial charge >= 0.3 is 0 Å². The summed E-state index contributed by atoms with van der Waals surface area (Å²) in [5, 5.41) is 3.13. The van der Waals surface area contributed by atoms with Crippen LogP contribution in [0, 0.1) is 18.3 Å². The molecule has 3 N–H and O–H groups in total.